The molecule has 0 atom stereocenters. The lowest BCUT2D eigenvalue weighted by Gasteiger charge is -2.18. The number of benzene rings is 2. The van der Waals surface area contributed by atoms with Crippen molar-refractivity contribution < 1.29 is 8.42 Å². The SMILES string of the molecule is CN(Cc1cccc2ncccc12)S(=O)(=O)c1ccc2c(c1)sc(=O)n2C. The first-order valence-corrected chi connectivity index (χ1v) is 10.5. The largest absolute Gasteiger partial charge is 0.307 e. The fourth-order valence-electron chi connectivity index (χ4n) is 3.08. The summed E-state index contributed by atoms with van der Waals surface area (Å²) in [5, 5.41) is 0.929. The summed E-state index contributed by atoms with van der Waals surface area (Å²) in [4.78, 5) is 16.2. The Kier molecular flexibility index (Phi) is 4.33. The first kappa shape index (κ1) is 17.8. The molecular weight excluding hydrogens is 382 g/mol. The van der Waals surface area contributed by atoms with Gasteiger partial charge in [-0.3, -0.25) is 9.78 Å². The Balaban J connectivity index is 1.72. The van der Waals surface area contributed by atoms with Crippen LogP contribution in [0, 0.1) is 0 Å². The highest BCUT2D eigenvalue weighted by Crippen LogP contribution is 2.25. The van der Waals surface area contributed by atoms with Crippen LogP contribution in [0.3, 0.4) is 0 Å². The Morgan fingerprint density at radius 2 is 1.96 bits per heavy atom. The minimum atomic E-state index is -3.69. The van der Waals surface area contributed by atoms with E-state index < -0.39 is 10.0 Å². The predicted molar refractivity (Wildman–Crippen MR) is 107 cm³/mol. The molecule has 4 aromatic rings. The van der Waals surface area contributed by atoms with Crippen LogP contribution in [0.5, 0.6) is 0 Å². The highest BCUT2D eigenvalue weighted by molar-refractivity contribution is 7.89. The summed E-state index contributed by atoms with van der Waals surface area (Å²) in [6.45, 7) is 0.231. The lowest BCUT2D eigenvalue weighted by atomic mass is 10.1. The van der Waals surface area contributed by atoms with E-state index in [1.165, 1.54) is 8.87 Å². The number of sulfonamides is 1. The number of aromatic nitrogens is 2. The number of rotatable bonds is 4. The van der Waals surface area contributed by atoms with Gasteiger partial charge in [-0.1, -0.05) is 29.5 Å². The summed E-state index contributed by atoms with van der Waals surface area (Å²) in [6.07, 6.45) is 1.72. The summed E-state index contributed by atoms with van der Waals surface area (Å²) in [5.41, 5.74) is 2.44. The highest BCUT2D eigenvalue weighted by atomic mass is 32.2. The Labute approximate surface area is 160 Å². The van der Waals surface area contributed by atoms with E-state index in [4.69, 9.17) is 0 Å². The third-order valence-corrected chi connectivity index (χ3v) is 7.40. The normalized spacial score (nSPS) is 12.3. The van der Waals surface area contributed by atoms with Gasteiger partial charge >= 0.3 is 4.87 Å². The van der Waals surface area contributed by atoms with Crippen molar-refractivity contribution in [3.63, 3.8) is 0 Å². The van der Waals surface area contributed by atoms with Gasteiger partial charge in [-0.15, -0.1) is 0 Å². The molecule has 0 amide bonds. The molecular formula is C19H17N3O3S2. The van der Waals surface area contributed by atoms with E-state index in [-0.39, 0.29) is 16.3 Å². The van der Waals surface area contributed by atoms with Crippen molar-refractivity contribution in [1.29, 1.82) is 0 Å². The summed E-state index contributed by atoms with van der Waals surface area (Å²) in [7, 11) is -0.458. The lowest BCUT2D eigenvalue weighted by Crippen LogP contribution is -2.26. The minimum Gasteiger partial charge on any atom is -0.302 e. The number of thiazole rings is 1. The molecule has 0 aliphatic rings. The third-order valence-electron chi connectivity index (χ3n) is 4.60. The van der Waals surface area contributed by atoms with E-state index in [9.17, 15) is 13.2 Å². The first-order chi connectivity index (χ1) is 12.9. The van der Waals surface area contributed by atoms with Gasteiger partial charge in [0, 0.05) is 32.2 Å². The number of hydrogen-bond donors (Lipinski definition) is 0. The number of pyridine rings is 1. The fourth-order valence-corrected chi connectivity index (χ4v) is 5.25. The van der Waals surface area contributed by atoms with Gasteiger partial charge in [0.25, 0.3) is 0 Å². The molecule has 27 heavy (non-hydrogen) atoms. The quantitative estimate of drug-likeness (QED) is 0.529. The molecule has 0 aliphatic heterocycles. The van der Waals surface area contributed by atoms with Gasteiger partial charge in [0.1, 0.15) is 0 Å². The molecule has 0 saturated carbocycles. The molecule has 0 fully saturated rings. The van der Waals surface area contributed by atoms with E-state index in [1.54, 1.807) is 38.5 Å². The molecule has 0 aliphatic carbocycles. The van der Waals surface area contributed by atoms with Crippen LogP contribution in [-0.4, -0.2) is 29.3 Å². The zero-order valence-corrected chi connectivity index (χ0v) is 16.4. The average Bonchev–Trinajstić information content (AvgIpc) is 2.95. The molecule has 0 saturated heterocycles. The number of nitrogens with zero attached hydrogens (tertiary/aromatic N) is 3. The van der Waals surface area contributed by atoms with Gasteiger partial charge in [0.05, 0.1) is 20.6 Å². The zero-order chi connectivity index (χ0) is 19.2. The van der Waals surface area contributed by atoms with Crippen LogP contribution in [0.4, 0.5) is 0 Å². The minimum absolute atomic E-state index is 0.115. The smallest absolute Gasteiger partial charge is 0.302 e. The maximum atomic E-state index is 13.0. The third kappa shape index (κ3) is 3.05. The van der Waals surface area contributed by atoms with Crippen LogP contribution < -0.4 is 4.87 Å². The number of fused-ring (bicyclic) bond motifs is 2. The maximum Gasteiger partial charge on any atom is 0.307 e. The molecule has 138 valence electrons. The van der Waals surface area contributed by atoms with Crippen LogP contribution in [0.1, 0.15) is 5.56 Å². The van der Waals surface area contributed by atoms with Crippen LogP contribution >= 0.6 is 11.3 Å². The molecule has 0 radical (unpaired) electrons. The molecule has 4 rings (SSSR count). The maximum absolute atomic E-state index is 13.0. The van der Waals surface area contributed by atoms with Gasteiger partial charge in [0.2, 0.25) is 10.0 Å². The molecule has 0 bridgehead atoms. The van der Waals surface area contributed by atoms with E-state index >= 15 is 0 Å². The summed E-state index contributed by atoms with van der Waals surface area (Å²) < 4.78 is 29.6. The zero-order valence-electron chi connectivity index (χ0n) is 14.8. The van der Waals surface area contributed by atoms with Crippen LogP contribution in [0.2, 0.25) is 0 Å². The van der Waals surface area contributed by atoms with Crippen molar-refractivity contribution in [3.8, 4) is 0 Å². The van der Waals surface area contributed by atoms with Crippen molar-refractivity contribution in [1.82, 2.24) is 13.9 Å². The van der Waals surface area contributed by atoms with E-state index in [0.717, 1.165) is 33.3 Å². The van der Waals surface area contributed by atoms with Gasteiger partial charge < -0.3 is 4.57 Å². The molecule has 0 spiro atoms. The monoisotopic (exact) mass is 399 g/mol. The number of aryl methyl sites for hydroxylation is 1. The Bertz CT molecular complexity index is 1320. The Morgan fingerprint density at radius 3 is 2.78 bits per heavy atom. The van der Waals surface area contributed by atoms with Gasteiger partial charge in [-0.25, -0.2) is 8.42 Å². The van der Waals surface area contributed by atoms with Gasteiger partial charge in [0.15, 0.2) is 0 Å². The van der Waals surface area contributed by atoms with Crippen molar-refractivity contribution >= 4 is 42.5 Å². The van der Waals surface area contributed by atoms with E-state index in [0.29, 0.717) is 4.70 Å². The van der Waals surface area contributed by atoms with Crippen LogP contribution in [-0.2, 0) is 23.6 Å². The van der Waals surface area contributed by atoms with Crippen molar-refractivity contribution in [3.05, 3.63) is 70.0 Å². The average molecular weight is 399 g/mol. The molecule has 8 heteroatoms. The molecule has 6 nitrogen and oxygen atoms in total. The van der Waals surface area contributed by atoms with E-state index in [1.807, 2.05) is 30.3 Å². The highest BCUT2D eigenvalue weighted by Gasteiger charge is 2.22. The summed E-state index contributed by atoms with van der Waals surface area (Å²) >= 11 is 1.04. The molecule has 0 N–H and O–H groups in total. The van der Waals surface area contributed by atoms with Crippen molar-refractivity contribution in [2.45, 2.75) is 11.4 Å². The van der Waals surface area contributed by atoms with Gasteiger partial charge in [-0.05, 0) is 35.9 Å². The Morgan fingerprint density at radius 1 is 1.15 bits per heavy atom. The second-order valence-corrected chi connectivity index (χ2v) is 9.34. The van der Waals surface area contributed by atoms with E-state index in [2.05, 4.69) is 4.98 Å². The van der Waals surface area contributed by atoms with Crippen molar-refractivity contribution in [2.75, 3.05) is 7.05 Å². The molecule has 2 aromatic heterocycles. The van der Waals surface area contributed by atoms with Crippen LogP contribution in [0.15, 0.2) is 64.4 Å². The predicted octanol–water partition coefficient (Wildman–Crippen LogP) is 2.97. The topological polar surface area (TPSA) is 72.3 Å². The summed E-state index contributed by atoms with van der Waals surface area (Å²) in [6, 6.07) is 14.2. The first-order valence-electron chi connectivity index (χ1n) is 8.26. The molecule has 2 aromatic carbocycles. The molecule has 0 unspecified atom stereocenters. The van der Waals surface area contributed by atoms with Crippen LogP contribution in [0.25, 0.3) is 21.1 Å². The van der Waals surface area contributed by atoms with Gasteiger partial charge in [-0.2, -0.15) is 4.31 Å². The second-order valence-electron chi connectivity index (χ2n) is 6.30. The number of hydrogen-bond acceptors (Lipinski definition) is 5. The fraction of sp³-hybridized carbons (Fsp3) is 0.158. The molecule has 2 heterocycles. The Hall–Kier alpha value is -2.55. The summed E-state index contributed by atoms with van der Waals surface area (Å²) in [5.74, 6) is 0. The second kappa shape index (κ2) is 6.56. The van der Waals surface area contributed by atoms with Crippen molar-refractivity contribution in [2.24, 2.45) is 7.05 Å². The lowest BCUT2D eigenvalue weighted by molar-refractivity contribution is 0.468. The standard InChI is InChI=1S/C19H17N3O3S2/c1-21(12-13-5-3-7-16-15(13)6-4-10-20-16)27(24,25)14-8-9-17-18(11-14)26-19(23)22(17)2/h3-11H,12H2,1-2H3.